The topological polar surface area (TPSA) is 94.1 Å². The maximum atomic E-state index is 12.7. The van der Waals surface area contributed by atoms with Crippen LogP contribution in [0.3, 0.4) is 0 Å². The van der Waals surface area contributed by atoms with Gasteiger partial charge >= 0.3 is 5.97 Å². The molecule has 0 aliphatic heterocycles. The van der Waals surface area contributed by atoms with Gasteiger partial charge < -0.3 is 27.9 Å². The molecule has 0 aromatic carbocycles. The average molecular weight is 768 g/mol. The van der Waals surface area contributed by atoms with Crippen LogP contribution in [-0.4, -0.2) is 70.7 Å². The van der Waals surface area contributed by atoms with Crippen molar-refractivity contribution in [3.8, 4) is 0 Å². The Hall–Kier alpha value is -1.54. The molecule has 9 heteroatoms. The van der Waals surface area contributed by atoms with E-state index in [0.29, 0.717) is 24.1 Å². The molecule has 0 saturated heterocycles. The van der Waals surface area contributed by atoms with Crippen molar-refractivity contribution in [1.29, 1.82) is 0 Å². The SMILES string of the molecule is CC/C=C\C/C=C\C/C=C\C/C=C\CCCCCCCCCCC(=O)OC(COCCCCCCCCCCCC)COP(=O)([O-])OCC[N+](C)(C)C. The lowest BCUT2D eigenvalue weighted by atomic mass is 10.1. The quantitative estimate of drug-likeness (QED) is 0.0202. The van der Waals surface area contributed by atoms with Crippen molar-refractivity contribution in [2.24, 2.45) is 0 Å². The maximum absolute atomic E-state index is 12.7. The first-order valence-electron chi connectivity index (χ1n) is 21.4. The van der Waals surface area contributed by atoms with E-state index in [0.717, 1.165) is 64.2 Å². The normalized spacial score (nSPS) is 14.3. The van der Waals surface area contributed by atoms with E-state index in [-0.39, 0.29) is 25.8 Å². The Kier molecular flexibility index (Phi) is 36.3. The molecule has 0 heterocycles. The number of rotatable bonds is 39. The summed E-state index contributed by atoms with van der Waals surface area (Å²) < 4.78 is 34.5. The van der Waals surface area contributed by atoms with Crippen LogP contribution in [0.4, 0.5) is 0 Å². The van der Waals surface area contributed by atoms with Crippen molar-refractivity contribution in [2.45, 2.75) is 174 Å². The molecule has 0 aliphatic carbocycles. The maximum Gasteiger partial charge on any atom is 0.306 e. The Balaban J connectivity index is 4.19. The summed E-state index contributed by atoms with van der Waals surface area (Å²) in [6.45, 7) is 5.28. The van der Waals surface area contributed by atoms with Crippen LogP contribution in [0.1, 0.15) is 168 Å². The number of hydrogen-bond acceptors (Lipinski definition) is 7. The summed E-state index contributed by atoms with van der Waals surface area (Å²) in [6, 6.07) is 0. The largest absolute Gasteiger partial charge is 0.756 e. The Morgan fingerprint density at radius 1 is 0.604 bits per heavy atom. The van der Waals surface area contributed by atoms with Gasteiger partial charge in [-0.25, -0.2) is 0 Å². The van der Waals surface area contributed by atoms with Crippen LogP contribution >= 0.6 is 7.82 Å². The van der Waals surface area contributed by atoms with Crippen molar-refractivity contribution in [3.05, 3.63) is 48.6 Å². The number of phosphoric ester groups is 1. The highest BCUT2D eigenvalue weighted by molar-refractivity contribution is 7.45. The van der Waals surface area contributed by atoms with Crippen LogP contribution in [-0.2, 0) is 27.9 Å². The molecule has 0 bridgehead atoms. The molecule has 0 rings (SSSR count). The van der Waals surface area contributed by atoms with Gasteiger partial charge in [0.05, 0.1) is 34.4 Å². The van der Waals surface area contributed by atoms with E-state index in [1.165, 1.54) is 83.5 Å². The molecule has 0 radical (unpaired) electrons. The molecule has 310 valence electrons. The Bertz CT molecular complexity index is 989. The number of esters is 1. The zero-order valence-corrected chi connectivity index (χ0v) is 35.8. The first kappa shape index (κ1) is 51.5. The van der Waals surface area contributed by atoms with E-state index in [4.69, 9.17) is 18.5 Å². The molecule has 0 spiro atoms. The lowest BCUT2D eigenvalue weighted by Gasteiger charge is -2.28. The zero-order chi connectivity index (χ0) is 39.1. The van der Waals surface area contributed by atoms with Gasteiger partial charge in [0.25, 0.3) is 7.82 Å². The minimum atomic E-state index is -4.52. The van der Waals surface area contributed by atoms with Crippen molar-refractivity contribution < 1.29 is 37.3 Å². The van der Waals surface area contributed by atoms with Gasteiger partial charge in [-0.1, -0.05) is 159 Å². The molecule has 53 heavy (non-hydrogen) atoms. The van der Waals surface area contributed by atoms with Crippen molar-refractivity contribution in [1.82, 2.24) is 0 Å². The first-order valence-corrected chi connectivity index (χ1v) is 22.8. The second-order valence-corrected chi connectivity index (χ2v) is 16.7. The van der Waals surface area contributed by atoms with Gasteiger partial charge in [-0.05, 0) is 51.4 Å². The van der Waals surface area contributed by atoms with Crippen LogP contribution in [0.5, 0.6) is 0 Å². The lowest BCUT2D eigenvalue weighted by molar-refractivity contribution is -0.870. The number of carbonyl (C=O) groups is 1. The average Bonchev–Trinajstić information content (AvgIpc) is 3.11. The molecule has 0 fully saturated rings. The standard InChI is InChI=1S/C44H82NO7P/c1-6-8-10-12-14-16-18-19-20-21-22-23-24-25-26-27-28-29-31-33-35-37-44(46)52-43(42-51-53(47,48)50-40-38-45(3,4)5)41-49-39-36-34-32-30-17-15-13-11-9-7-2/h8,10,14,16,19-20,22-23,43H,6-7,9,11-13,15,17-18,21,24-42H2,1-5H3/b10-8-,16-14-,20-19-,23-22-. The van der Waals surface area contributed by atoms with Gasteiger partial charge in [0.1, 0.15) is 19.3 Å². The van der Waals surface area contributed by atoms with E-state index in [2.05, 4.69) is 62.5 Å². The number of ether oxygens (including phenoxy) is 2. The lowest BCUT2D eigenvalue weighted by Crippen LogP contribution is -2.37. The molecule has 0 aromatic rings. The molecular formula is C44H82NO7P. The summed E-state index contributed by atoms with van der Waals surface area (Å²) in [5.74, 6) is -0.344. The summed E-state index contributed by atoms with van der Waals surface area (Å²) in [5, 5.41) is 0. The molecule has 0 N–H and O–H groups in total. The monoisotopic (exact) mass is 768 g/mol. The molecule has 8 nitrogen and oxygen atoms in total. The highest BCUT2D eigenvalue weighted by Gasteiger charge is 2.20. The van der Waals surface area contributed by atoms with Crippen molar-refractivity contribution in [3.63, 3.8) is 0 Å². The zero-order valence-electron chi connectivity index (χ0n) is 35.0. The van der Waals surface area contributed by atoms with Crippen LogP contribution in [0.25, 0.3) is 0 Å². The fourth-order valence-electron chi connectivity index (χ4n) is 5.60. The number of likely N-dealkylation sites (N-methyl/N-ethyl adjacent to an activating group) is 1. The number of hydrogen-bond donors (Lipinski definition) is 0. The highest BCUT2D eigenvalue weighted by atomic mass is 31.2. The Morgan fingerprint density at radius 3 is 1.64 bits per heavy atom. The van der Waals surface area contributed by atoms with E-state index in [1.807, 2.05) is 21.1 Å². The predicted octanol–water partition coefficient (Wildman–Crippen LogP) is 11.7. The van der Waals surface area contributed by atoms with Crippen molar-refractivity contribution in [2.75, 3.05) is 54.1 Å². The third kappa shape index (κ3) is 41.5. The van der Waals surface area contributed by atoms with Crippen LogP contribution in [0.2, 0.25) is 0 Å². The van der Waals surface area contributed by atoms with Crippen LogP contribution in [0, 0.1) is 0 Å². The summed E-state index contributed by atoms with van der Waals surface area (Å²) in [4.78, 5) is 25.0. The van der Waals surface area contributed by atoms with E-state index in [9.17, 15) is 14.3 Å². The fraction of sp³-hybridized carbons (Fsp3) is 0.795. The second-order valence-electron chi connectivity index (χ2n) is 15.3. The van der Waals surface area contributed by atoms with Crippen LogP contribution < -0.4 is 4.89 Å². The van der Waals surface area contributed by atoms with E-state index >= 15 is 0 Å². The van der Waals surface area contributed by atoms with E-state index < -0.39 is 13.9 Å². The van der Waals surface area contributed by atoms with Gasteiger partial charge in [-0.15, -0.1) is 0 Å². The first-order chi connectivity index (χ1) is 25.6. The third-order valence-corrected chi connectivity index (χ3v) is 9.86. The summed E-state index contributed by atoms with van der Waals surface area (Å²) >= 11 is 0. The summed E-state index contributed by atoms with van der Waals surface area (Å²) in [7, 11) is 1.35. The van der Waals surface area contributed by atoms with Crippen LogP contribution in [0.15, 0.2) is 48.6 Å². The predicted molar refractivity (Wildman–Crippen MR) is 222 cm³/mol. The molecule has 2 unspecified atom stereocenters. The Morgan fingerprint density at radius 2 is 1.09 bits per heavy atom. The molecule has 0 aromatic heterocycles. The number of phosphoric acid groups is 1. The van der Waals surface area contributed by atoms with Gasteiger partial charge in [0, 0.05) is 13.0 Å². The number of unbranched alkanes of at least 4 members (excludes halogenated alkanes) is 17. The van der Waals surface area contributed by atoms with Gasteiger partial charge in [-0.2, -0.15) is 0 Å². The second kappa shape index (κ2) is 37.4. The molecular weight excluding hydrogens is 685 g/mol. The number of carbonyl (C=O) groups excluding carboxylic acids is 1. The number of quaternary nitrogens is 1. The minimum absolute atomic E-state index is 0.0238. The molecule has 2 atom stereocenters. The van der Waals surface area contributed by atoms with Gasteiger partial charge in [0.2, 0.25) is 0 Å². The van der Waals surface area contributed by atoms with Gasteiger partial charge in [-0.3, -0.25) is 9.36 Å². The third-order valence-electron chi connectivity index (χ3n) is 8.89. The van der Waals surface area contributed by atoms with Gasteiger partial charge in [0.15, 0.2) is 0 Å². The number of allylic oxidation sites excluding steroid dienone is 8. The molecule has 0 saturated carbocycles. The summed E-state index contributed by atoms with van der Waals surface area (Å²) in [5.41, 5.74) is 0. The summed E-state index contributed by atoms with van der Waals surface area (Å²) in [6.07, 6.45) is 44.0. The smallest absolute Gasteiger partial charge is 0.306 e. The van der Waals surface area contributed by atoms with E-state index in [1.54, 1.807) is 0 Å². The Labute approximate surface area is 327 Å². The minimum Gasteiger partial charge on any atom is -0.756 e. The fourth-order valence-corrected chi connectivity index (χ4v) is 6.32. The molecule has 0 aliphatic rings. The van der Waals surface area contributed by atoms with Crippen molar-refractivity contribution >= 4 is 13.8 Å². The molecule has 0 amide bonds. The number of nitrogens with zero attached hydrogens (tertiary/aromatic N) is 1. The highest BCUT2D eigenvalue weighted by Crippen LogP contribution is 2.38.